The van der Waals surface area contributed by atoms with Crippen molar-refractivity contribution >= 4 is 71.9 Å². The van der Waals surface area contributed by atoms with E-state index in [9.17, 15) is 0 Å². The lowest BCUT2D eigenvalue weighted by Crippen LogP contribution is -2.19. The highest BCUT2D eigenvalue weighted by Crippen LogP contribution is 2.57. The molecule has 2 nitrogen and oxygen atoms in total. The molecule has 0 saturated carbocycles. The zero-order valence-corrected chi connectivity index (χ0v) is 37.4. The Morgan fingerprint density at radius 1 is 0.531 bits per heavy atom. The number of hydrogen-bond donors (Lipinski definition) is 0. The molecule has 64 heavy (non-hydrogen) atoms. The lowest BCUT2D eigenvalue weighted by atomic mass is 9.79. The molecule has 0 fully saturated rings. The molecule has 310 valence electrons. The summed E-state index contributed by atoms with van der Waals surface area (Å²) in [6.07, 6.45) is 14.6. The van der Waals surface area contributed by atoms with Crippen LogP contribution in [-0.2, 0) is 10.8 Å². The first-order valence-electron chi connectivity index (χ1n) is 22.6. The second-order valence-electron chi connectivity index (χ2n) is 18.6. The topological polar surface area (TPSA) is 6.48 Å². The van der Waals surface area contributed by atoms with Crippen LogP contribution >= 0.6 is 0 Å². The molecule has 8 aromatic rings. The molecule has 0 N–H and O–H groups in total. The van der Waals surface area contributed by atoms with Gasteiger partial charge in [0, 0.05) is 44.1 Å². The number of fused-ring (bicyclic) bond motifs is 6. The molecule has 0 atom stereocenters. The van der Waals surface area contributed by atoms with Crippen LogP contribution in [0.3, 0.4) is 0 Å². The van der Waals surface area contributed by atoms with Gasteiger partial charge in [0.2, 0.25) is 0 Å². The third kappa shape index (κ3) is 6.15. The van der Waals surface area contributed by atoms with Crippen LogP contribution in [0.25, 0.3) is 43.5 Å². The maximum atomic E-state index is 4.94. The summed E-state index contributed by atoms with van der Waals surface area (Å²) in [5, 5.41) is 7.36. The quantitative estimate of drug-likeness (QED) is 0.158. The zero-order chi connectivity index (χ0) is 43.7. The van der Waals surface area contributed by atoms with E-state index in [-0.39, 0.29) is 10.8 Å². The molecule has 0 aromatic heterocycles. The maximum absolute atomic E-state index is 4.94. The molecule has 0 heterocycles. The molecule has 3 aliphatic rings. The first-order chi connectivity index (χ1) is 31.1. The van der Waals surface area contributed by atoms with Gasteiger partial charge in [0.05, 0.1) is 17.1 Å². The zero-order valence-electron chi connectivity index (χ0n) is 37.4. The van der Waals surface area contributed by atoms with Crippen molar-refractivity contribution in [2.45, 2.75) is 51.9 Å². The summed E-state index contributed by atoms with van der Waals surface area (Å²) in [5.41, 5.74) is 16.6. The van der Waals surface area contributed by atoms with Crippen LogP contribution in [0.1, 0.15) is 63.3 Å². The molecule has 0 aliphatic heterocycles. The van der Waals surface area contributed by atoms with Gasteiger partial charge in [0.15, 0.2) is 0 Å². The monoisotopic (exact) mass is 824 g/mol. The Hall–Kier alpha value is -7.42. The Labute approximate surface area is 377 Å². The van der Waals surface area contributed by atoms with E-state index in [2.05, 4.69) is 245 Å². The summed E-state index contributed by atoms with van der Waals surface area (Å²) in [4.78, 5) is 4.90. The first-order valence-corrected chi connectivity index (χ1v) is 22.6. The van der Waals surface area contributed by atoms with Gasteiger partial charge in [-0.05, 0) is 135 Å². The summed E-state index contributed by atoms with van der Waals surface area (Å²) < 4.78 is 0. The summed E-state index contributed by atoms with van der Waals surface area (Å²) >= 11 is 0. The van der Waals surface area contributed by atoms with Crippen molar-refractivity contribution in [2.24, 2.45) is 0 Å². The Morgan fingerprint density at radius 3 is 1.84 bits per heavy atom. The van der Waals surface area contributed by atoms with E-state index < -0.39 is 0 Å². The largest absolute Gasteiger partial charge is 0.310 e. The second-order valence-corrected chi connectivity index (χ2v) is 18.6. The van der Waals surface area contributed by atoms with Gasteiger partial charge in [-0.1, -0.05) is 174 Å². The van der Waals surface area contributed by atoms with Gasteiger partial charge in [-0.15, -0.1) is 0 Å². The van der Waals surface area contributed by atoms with Crippen molar-refractivity contribution < 1.29 is 0 Å². The van der Waals surface area contributed by atoms with Crippen LogP contribution in [0, 0.1) is 0 Å². The van der Waals surface area contributed by atoms with Crippen LogP contribution in [0.5, 0.6) is 0 Å². The number of hydrogen-bond acceptors (Lipinski definition) is 2. The van der Waals surface area contributed by atoms with E-state index in [0.29, 0.717) is 0 Å². The normalized spacial score (nSPS) is 16.7. The molecule has 0 unspecified atom stereocenters. The summed E-state index contributed by atoms with van der Waals surface area (Å²) in [6, 6.07) is 60.1. The van der Waals surface area contributed by atoms with Crippen LogP contribution in [0.2, 0.25) is 0 Å². The smallest absolute Gasteiger partial charge is 0.0543 e. The average molecular weight is 825 g/mol. The number of benzene rings is 8. The average Bonchev–Trinajstić information content (AvgIpc) is 3.48. The Morgan fingerprint density at radius 2 is 1.14 bits per heavy atom. The third-order valence-electron chi connectivity index (χ3n) is 14.2. The minimum absolute atomic E-state index is 0.274. The van der Waals surface area contributed by atoms with Crippen molar-refractivity contribution in [3.05, 3.63) is 246 Å². The fourth-order valence-corrected chi connectivity index (χ4v) is 10.8. The van der Waals surface area contributed by atoms with Crippen molar-refractivity contribution in [1.82, 2.24) is 0 Å². The second kappa shape index (κ2) is 15.1. The summed E-state index contributed by atoms with van der Waals surface area (Å²) in [6.45, 7) is 16.8. The van der Waals surface area contributed by atoms with Gasteiger partial charge in [-0.2, -0.15) is 0 Å². The van der Waals surface area contributed by atoms with E-state index in [0.717, 1.165) is 34.8 Å². The molecule has 0 spiro atoms. The molecule has 0 amide bonds. The van der Waals surface area contributed by atoms with Gasteiger partial charge in [-0.25, -0.2) is 0 Å². The maximum Gasteiger partial charge on any atom is 0.0543 e. The number of para-hydroxylation sites is 1. The van der Waals surface area contributed by atoms with E-state index in [4.69, 9.17) is 6.58 Å². The minimum Gasteiger partial charge on any atom is -0.310 e. The van der Waals surface area contributed by atoms with E-state index >= 15 is 0 Å². The van der Waals surface area contributed by atoms with Gasteiger partial charge in [0.1, 0.15) is 0 Å². The predicted molar refractivity (Wildman–Crippen MR) is 275 cm³/mol. The minimum atomic E-state index is -0.316. The molecule has 3 aliphatic carbocycles. The van der Waals surface area contributed by atoms with Crippen LogP contribution in [-0.4, -0.2) is 0 Å². The number of anilines is 5. The third-order valence-corrected chi connectivity index (χ3v) is 14.2. The lowest BCUT2D eigenvalue weighted by molar-refractivity contribution is 0.652. The Balaban J connectivity index is 1.07. The van der Waals surface area contributed by atoms with Crippen molar-refractivity contribution in [3.8, 4) is 0 Å². The molecule has 2 heteroatoms. The number of nitrogens with zero attached hydrogens (tertiary/aromatic N) is 2. The molecular weight excluding hydrogens is 773 g/mol. The van der Waals surface area contributed by atoms with E-state index in [1.165, 1.54) is 82.7 Å². The Kier molecular flexibility index (Phi) is 9.33. The van der Waals surface area contributed by atoms with E-state index in [1.54, 1.807) is 0 Å². The fraction of sp³-hybridized carbons (Fsp3) is 0.129. The molecule has 0 radical (unpaired) electrons. The predicted octanol–water partition coefficient (Wildman–Crippen LogP) is 17.1. The summed E-state index contributed by atoms with van der Waals surface area (Å²) in [5.74, 6) is 0. The van der Waals surface area contributed by atoms with Gasteiger partial charge >= 0.3 is 0 Å². The molecular formula is C62H52N2. The number of allylic oxidation sites excluding steroid dienone is 10. The fourth-order valence-electron chi connectivity index (χ4n) is 10.8. The highest BCUT2D eigenvalue weighted by Gasteiger charge is 2.42. The van der Waals surface area contributed by atoms with Gasteiger partial charge < -0.3 is 9.80 Å². The van der Waals surface area contributed by atoms with Crippen LogP contribution < -0.4 is 9.80 Å². The van der Waals surface area contributed by atoms with Gasteiger partial charge in [-0.3, -0.25) is 0 Å². The van der Waals surface area contributed by atoms with E-state index in [1.807, 2.05) is 0 Å². The first kappa shape index (κ1) is 39.4. The number of rotatable bonds is 7. The van der Waals surface area contributed by atoms with Crippen molar-refractivity contribution in [1.29, 1.82) is 0 Å². The molecule has 0 saturated heterocycles. The van der Waals surface area contributed by atoms with Crippen molar-refractivity contribution in [3.63, 3.8) is 0 Å². The van der Waals surface area contributed by atoms with Gasteiger partial charge in [0.25, 0.3) is 0 Å². The highest BCUT2D eigenvalue weighted by molar-refractivity contribution is 6.11. The standard InChI is InChI=1S/C62H52N2/c1-41-48-37-36-47(63(45-26-12-9-13-27-45)57-34-20-24-43-22-14-16-30-49(43)57)38-55(48)62(5,6)54(41)39-53-42(2)61(3,4)56-40-59(51-32-18-19-33-52(51)60(53)56)64(46-28-10-7-8-11-29-46)58-35-21-25-44-23-15-17-31-50(44)58/h7,9-40H,2,8H2,1,3-6H3/b53-39+. The van der Waals surface area contributed by atoms with Crippen LogP contribution in [0.4, 0.5) is 28.4 Å². The van der Waals surface area contributed by atoms with Crippen molar-refractivity contribution in [2.75, 3.05) is 9.80 Å². The van der Waals surface area contributed by atoms with Crippen LogP contribution in [0.15, 0.2) is 224 Å². The molecule has 8 aromatic carbocycles. The lowest BCUT2D eigenvalue weighted by Gasteiger charge is -2.31. The Bertz CT molecular complexity index is 3370. The molecule has 0 bridgehead atoms. The molecule has 11 rings (SSSR count). The highest BCUT2D eigenvalue weighted by atomic mass is 15.2. The SMILES string of the molecule is C=C1/C(=C\C2=C(C)c3ccc(N(c4ccccc4)c4cccc5ccccc45)cc3C2(C)C)c2c(cc(N(C3=CC=CCC=C3)c3cccc4ccccc34)c3ccccc23)C1(C)C. The summed E-state index contributed by atoms with van der Waals surface area (Å²) in [7, 11) is 0.